The van der Waals surface area contributed by atoms with Gasteiger partial charge in [-0.15, -0.1) is 0 Å². The minimum absolute atomic E-state index is 0.154. The summed E-state index contributed by atoms with van der Waals surface area (Å²) >= 11 is 0. The van der Waals surface area contributed by atoms with Gasteiger partial charge in [-0.1, -0.05) is 60.7 Å². The molecule has 6 nitrogen and oxygen atoms in total. The quantitative estimate of drug-likeness (QED) is 0.681. The van der Waals surface area contributed by atoms with Gasteiger partial charge >= 0.3 is 6.03 Å². The predicted molar refractivity (Wildman–Crippen MR) is 123 cm³/mol. The normalized spacial score (nSPS) is 21.7. The van der Waals surface area contributed by atoms with Gasteiger partial charge in [-0.2, -0.15) is 0 Å². The van der Waals surface area contributed by atoms with E-state index in [-0.39, 0.29) is 18.4 Å². The van der Waals surface area contributed by atoms with Crippen molar-refractivity contribution in [3.05, 3.63) is 71.8 Å². The van der Waals surface area contributed by atoms with Gasteiger partial charge in [0.25, 0.3) is 5.91 Å². The topological polar surface area (TPSA) is 69.7 Å². The zero-order valence-corrected chi connectivity index (χ0v) is 18.6. The lowest BCUT2D eigenvalue weighted by Crippen LogP contribution is -2.47. The Kier molecular flexibility index (Phi) is 6.58. The zero-order chi connectivity index (χ0) is 22.6. The average Bonchev–Trinajstić information content (AvgIpc) is 3.03. The van der Waals surface area contributed by atoms with Crippen LogP contribution in [-0.2, 0) is 22.4 Å². The van der Waals surface area contributed by atoms with Crippen molar-refractivity contribution in [2.45, 2.75) is 44.6 Å². The number of nitrogens with zero attached hydrogens (tertiary/aromatic N) is 2. The van der Waals surface area contributed by atoms with E-state index < -0.39 is 11.6 Å². The van der Waals surface area contributed by atoms with Crippen molar-refractivity contribution in [3.63, 3.8) is 0 Å². The first kappa shape index (κ1) is 22.1. The maximum absolute atomic E-state index is 13.0. The molecular formula is C26H31N3O3. The molecule has 1 N–H and O–H groups in total. The number of piperidine rings is 1. The zero-order valence-electron chi connectivity index (χ0n) is 18.6. The van der Waals surface area contributed by atoms with Crippen LogP contribution in [-0.4, -0.2) is 52.8 Å². The van der Waals surface area contributed by atoms with Crippen LogP contribution in [0.4, 0.5) is 4.79 Å². The Morgan fingerprint density at radius 3 is 2.19 bits per heavy atom. The van der Waals surface area contributed by atoms with Crippen LogP contribution < -0.4 is 5.32 Å². The molecule has 2 fully saturated rings. The van der Waals surface area contributed by atoms with Crippen LogP contribution in [0.1, 0.15) is 37.3 Å². The number of nitrogens with one attached hydrogen (secondary N) is 1. The molecule has 6 heteroatoms. The Balaban J connectivity index is 1.28. The third-order valence-electron chi connectivity index (χ3n) is 6.73. The molecular weight excluding hydrogens is 402 g/mol. The fourth-order valence-corrected chi connectivity index (χ4v) is 4.67. The molecule has 4 amide bonds. The van der Waals surface area contributed by atoms with Gasteiger partial charge in [-0.3, -0.25) is 14.5 Å². The highest BCUT2D eigenvalue weighted by Gasteiger charge is 2.48. The maximum Gasteiger partial charge on any atom is 0.325 e. The second-order valence-corrected chi connectivity index (χ2v) is 9.15. The van der Waals surface area contributed by atoms with Gasteiger partial charge in [-0.25, -0.2) is 4.79 Å². The third kappa shape index (κ3) is 5.01. The first-order valence-electron chi connectivity index (χ1n) is 11.4. The van der Waals surface area contributed by atoms with Gasteiger partial charge in [0.2, 0.25) is 5.91 Å². The number of carbonyl (C=O) groups is 3. The molecule has 2 aromatic rings. The third-order valence-corrected chi connectivity index (χ3v) is 6.73. The van der Waals surface area contributed by atoms with Gasteiger partial charge in [0.15, 0.2) is 0 Å². The van der Waals surface area contributed by atoms with E-state index in [1.54, 1.807) is 11.8 Å². The van der Waals surface area contributed by atoms with Crippen LogP contribution in [0, 0.1) is 5.92 Å². The lowest BCUT2D eigenvalue weighted by molar-refractivity contribution is -0.139. The first-order valence-corrected chi connectivity index (χ1v) is 11.4. The number of benzene rings is 2. The molecule has 2 aliphatic rings. The summed E-state index contributed by atoms with van der Waals surface area (Å²) in [5.41, 5.74) is 1.46. The van der Waals surface area contributed by atoms with Gasteiger partial charge < -0.3 is 10.2 Å². The average molecular weight is 434 g/mol. The molecule has 0 spiro atoms. The van der Waals surface area contributed by atoms with Crippen molar-refractivity contribution in [1.82, 2.24) is 15.1 Å². The molecule has 168 valence electrons. The van der Waals surface area contributed by atoms with Crippen molar-refractivity contribution in [3.8, 4) is 0 Å². The Labute approximate surface area is 189 Å². The molecule has 0 aromatic heterocycles. The molecule has 0 bridgehead atoms. The molecule has 1 atom stereocenters. The molecule has 0 radical (unpaired) electrons. The highest BCUT2D eigenvalue weighted by atomic mass is 16.2. The Morgan fingerprint density at radius 1 is 0.969 bits per heavy atom. The van der Waals surface area contributed by atoms with E-state index in [9.17, 15) is 14.4 Å². The lowest BCUT2D eigenvalue weighted by Gasteiger charge is -2.33. The smallest absolute Gasteiger partial charge is 0.325 e. The van der Waals surface area contributed by atoms with E-state index in [0.717, 1.165) is 29.7 Å². The molecule has 2 aromatic carbocycles. The molecule has 32 heavy (non-hydrogen) atoms. The number of urea groups is 1. The summed E-state index contributed by atoms with van der Waals surface area (Å²) in [7, 11) is 0. The van der Waals surface area contributed by atoms with E-state index in [1.165, 1.54) is 5.56 Å². The Bertz CT molecular complexity index is 955. The fraction of sp³-hybridized carbons (Fsp3) is 0.423. The van der Waals surface area contributed by atoms with Gasteiger partial charge in [0.05, 0.1) is 0 Å². The first-order chi connectivity index (χ1) is 15.4. The highest BCUT2D eigenvalue weighted by Crippen LogP contribution is 2.25. The van der Waals surface area contributed by atoms with E-state index in [2.05, 4.69) is 29.6 Å². The van der Waals surface area contributed by atoms with Crippen LogP contribution in [0.15, 0.2) is 60.7 Å². The summed E-state index contributed by atoms with van der Waals surface area (Å²) in [4.78, 5) is 41.2. The standard InChI is InChI=1S/C26H31N3O3/c1-26(15-12-20-8-4-2-5-9-20)24(31)29(25(32)27-26)19-23(30)28-16-13-22(14-17-28)18-21-10-6-3-7-11-21/h2-11,22H,12-19H2,1H3,(H,27,32)/t26-/m0/s1. The van der Waals surface area contributed by atoms with Crippen LogP contribution in [0.25, 0.3) is 0 Å². The highest BCUT2D eigenvalue weighted by molar-refractivity contribution is 6.08. The van der Waals surface area contributed by atoms with Crippen LogP contribution in [0.3, 0.4) is 0 Å². The SMILES string of the molecule is C[C@@]1(CCc2ccccc2)NC(=O)N(CC(=O)N2CCC(Cc3ccccc3)CC2)C1=O. The molecule has 0 unspecified atom stereocenters. The number of likely N-dealkylation sites (tertiary alicyclic amines) is 1. The minimum Gasteiger partial charge on any atom is -0.341 e. The number of amides is 4. The molecule has 0 saturated carbocycles. The van der Waals surface area contributed by atoms with Gasteiger partial charge in [-0.05, 0) is 56.1 Å². The largest absolute Gasteiger partial charge is 0.341 e. The van der Waals surface area contributed by atoms with Crippen LogP contribution in [0.2, 0.25) is 0 Å². The van der Waals surface area contributed by atoms with Crippen molar-refractivity contribution in [2.24, 2.45) is 5.92 Å². The molecule has 2 saturated heterocycles. The predicted octanol–water partition coefficient (Wildman–Crippen LogP) is 3.41. The summed E-state index contributed by atoms with van der Waals surface area (Å²) in [5.74, 6) is 0.0872. The van der Waals surface area contributed by atoms with E-state index >= 15 is 0 Å². The minimum atomic E-state index is -0.976. The summed E-state index contributed by atoms with van der Waals surface area (Å²) in [6.45, 7) is 2.90. The number of rotatable bonds is 7. The van der Waals surface area contributed by atoms with Crippen molar-refractivity contribution in [2.75, 3.05) is 19.6 Å². The number of hydrogen-bond acceptors (Lipinski definition) is 3. The van der Waals surface area contributed by atoms with Crippen molar-refractivity contribution >= 4 is 17.8 Å². The monoisotopic (exact) mass is 433 g/mol. The van der Waals surface area contributed by atoms with E-state index in [4.69, 9.17) is 0 Å². The fourth-order valence-electron chi connectivity index (χ4n) is 4.67. The molecule has 4 rings (SSSR count). The Morgan fingerprint density at radius 2 is 1.56 bits per heavy atom. The van der Waals surface area contributed by atoms with E-state index in [1.807, 2.05) is 36.4 Å². The maximum atomic E-state index is 13.0. The summed E-state index contributed by atoms with van der Waals surface area (Å²) < 4.78 is 0. The summed E-state index contributed by atoms with van der Waals surface area (Å²) in [6.07, 6.45) is 4.08. The number of imide groups is 1. The van der Waals surface area contributed by atoms with Gasteiger partial charge in [0.1, 0.15) is 12.1 Å². The lowest BCUT2D eigenvalue weighted by atomic mass is 9.90. The van der Waals surface area contributed by atoms with Crippen molar-refractivity contribution in [1.29, 1.82) is 0 Å². The summed E-state index contributed by atoms with van der Waals surface area (Å²) in [5, 5.41) is 2.81. The molecule has 2 heterocycles. The Hall–Kier alpha value is -3.15. The van der Waals surface area contributed by atoms with E-state index in [0.29, 0.717) is 31.8 Å². The second-order valence-electron chi connectivity index (χ2n) is 9.15. The second kappa shape index (κ2) is 9.55. The molecule has 0 aliphatic carbocycles. The summed E-state index contributed by atoms with van der Waals surface area (Å²) in [6, 6.07) is 19.8. The van der Waals surface area contributed by atoms with Crippen LogP contribution in [0.5, 0.6) is 0 Å². The molecule has 2 aliphatic heterocycles. The number of carbonyl (C=O) groups excluding carboxylic acids is 3. The number of hydrogen-bond donors (Lipinski definition) is 1. The van der Waals surface area contributed by atoms with Gasteiger partial charge in [0, 0.05) is 13.1 Å². The van der Waals surface area contributed by atoms with Crippen molar-refractivity contribution < 1.29 is 14.4 Å². The number of aryl methyl sites for hydroxylation is 1. The van der Waals surface area contributed by atoms with Crippen LogP contribution >= 0.6 is 0 Å².